The van der Waals surface area contributed by atoms with E-state index in [4.69, 9.17) is 5.84 Å². The number of hydrogen-bond donors (Lipinski definition) is 3. The first kappa shape index (κ1) is 12.9. The van der Waals surface area contributed by atoms with Crippen molar-refractivity contribution >= 4 is 5.91 Å². The highest BCUT2D eigenvalue weighted by Crippen LogP contribution is 2.37. The maximum absolute atomic E-state index is 11.3. The summed E-state index contributed by atoms with van der Waals surface area (Å²) in [6, 6.07) is 5.40. The van der Waals surface area contributed by atoms with Crippen LogP contribution in [0.3, 0.4) is 0 Å². The van der Waals surface area contributed by atoms with E-state index in [0.717, 1.165) is 24.0 Å². The molecule has 0 atom stereocenters. The molecule has 0 heterocycles. The van der Waals surface area contributed by atoms with E-state index >= 15 is 0 Å². The van der Waals surface area contributed by atoms with Gasteiger partial charge in [-0.3, -0.25) is 10.2 Å². The molecule has 0 bridgehead atoms. The molecule has 2 rings (SSSR count). The Morgan fingerprint density at radius 3 is 2.72 bits per heavy atom. The number of rotatable bonds is 3. The van der Waals surface area contributed by atoms with E-state index in [9.17, 15) is 9.90 Å². The van der Waals surface area contributed by atoms with Crippen molar-refractivity contribution in [1.29, 1.82) is 0 Å². The highest BCUT2D eigenvalue weighted by Gasteiger charge is 2.19. The Labute approximate surface area is 107 Å². The zero-order valence-electron chi connectivity index (χ0n) is 10.5. The molecule has 4 N–H and O–H groups in total. The molecule has 1 saturated carbocycles. The van der Waals surface area contributed by atoms with Crippen molar-refractivity contribution in [3.05, 3.63) is 29.3 Å². The average Bonchev–Trinajstić information content (AvgIpc) is 2.42. The Morgan fingerprint density at radius 2 is 2.06 bits per heavy atom. The number of phenols is 1. The third-order valence-electron chi connectivity index (χ3n) is 3.66. The van der Waals surface area contributed by atoms with E-state index in [2.05, 4.69) is 5.43 Å². The molecule has 0 radical (unpaired) electrons. The first-order chi connectivity index (χ1) is 8.70. The molecule has 0 aliphatic heterocycles. The van der Waals surface area contributed by atoms with Crippen LogP contribution in [0, 0.1) is 0 Å². The summed E-state index contributed by atoms with van der Waals surface area (Å²) in [6.07, 6.45) is 6.23. The maximum Gasteiger partial charge on any atom is 0.238 e. The van der Waals surface area contributed by atoms with Gasteiger partial charge in [0.1, 0.15) is 5.75 Å². The Morgan fingerprint density at radius 1 is 1.33 bits per heavy atom. The van der Waals surface area contributed by atoms with Gasteiger partial charge in [0.15, 0.2) is 0 Å². The second-order valence-electron chi connectivity index (χ2n) is 4.97. The first-order valence-corrected chi connectivity index (χ1v) is 6.52. The third kappa shape index (κ3) is 3.01. The predicted molar refractivity (Wildman–Crippen MR) is 70.0 cm³/mol. The summed E-state index contributed by atoms with van der Waals surface area (Å²) >= 11 is 0. The van der Waals surface area contributed by atoms with Crippen molar-refractivity contribution in [3.8, 4) is 5.75 Å². The quantitative estimate of drug-likeness (QED) is 0.435. The zero-order chi connectivity index (χ0) is 13.0. The third-order valence-corrected chi connectivity index (χ3v) is 3.66. The molecule has 1 aliphatic rings. The van der Waals surface area contributed by atoms with Crippen molar-refractivity contribution in [3.63, 3.8) is 0 Å². The van der Waals surface area contributed by atoms with Crippen molar-refractivity contribution < 1.29 is 9.90 Å². The predicted octanol–water partition coefficient (Wildman–Crippen LogP) is 1.97. The fourth-order valence-electron chi connectivity index (χ4n) is 2.69. The molecule has 18 heavy (non-hydrogen) atoms. The molecule has 4 heteroatoms. The van der Waals surface area contributed by atoms with Crippen molar-refractivity contribution in [2.45, 2.75) is 44.4 Å². The molecule has 1 aromatic rings. The Bertz CT molecular complexity index is 426. The lowest BCUT2D eigenvalue weighted by Gasteiger charge is -2.23. The molecule has 0 unspecified atom stereocenters. The summed E-state index contributed by atoms with van der Waals surface area (Å²) < 4.78 is 0. The van der Waals surface area contributed by atoms with Crippen molar-refractivity contribution in [2.75, 3.05) is 0 Å². The normalized spacial score (nSPS) is 16.5. The van der Waals surface area contributed by atoms with E-state index in [1.165, 1.54) is 19.3 Å². The second-order valence-corrected chi connectivity index (χ2v) is 4.97. The molecular formula is C14H20N2O2. The van der Waals surface area contributed by atoms with Crippen LogP contribution in [-0.4, -0.2) is 11.0 Å². The van der Waals surface area contributed by atoms with Crippen molar-refractivity contribution in [2.24, 2.45) is 5.84 Å². The molecule has 1 fully saturated rings. The van der Waals surface area contributed by atoms with Gasteiger partial charge in [0, 0.05) is 0 Å². The number of phenolic OH excluding ortho intramolecular Hbond substituents is 1. The number of carbonyl (C=O) groups is 1. The molecule has 98 valence electrons. The van der Waals surface area contributed by atoms with E-state index in [1.54, 1.807) is 12.1 Å². The van der Waals surface area contributed by atoms with Crippen LogP contribution in [0.25, 0.3) is 0 Å². The van der Waals surface area contributed by atoms with Crippen LogP contribution in [0.15, 0.2) is 18.2 Å². The fourth-order valence-corrected chi connectivity index (χ4v) is 2.69. The number of hydrogen-bond acceptors (Lipinski definition) is 3. The monoisotopic (exact) mass is 248 g/mol. The Kier molecular flexibility index (Phi) is 4.20. The number of hydrazine groups is 1. The number of aromatic hydroxyl groups is 1. The van der Waals surface area contributed by atoms with Gasteiger partial charge in [-0.15, -0.1) is 0 Å². The van der Waals surface area contributed by atoms with Crippen molar-refractivity contribution in [1.82, 2.24) is 5.43 Å². The number of nitrogens with one attached hydrogen (secondary N) is 1. The lowest BCUT2D eigenvalue weighted by atomic mass is 9.83. The second kappa shape index (κ2) is 5.87. The lowest BCUT2D eigenvalue weighted by Crippen LogP contribution is -2.31. The van der Waals surface area contributed by atoms with Gasteiger partial charge in [0.2, 0.25) is 5.91 Å². The largest absolute Gasteiger partial charge is 0.508 e. The summed E-state index contributed by atoms with van der Waals surface area (Å²) in [5.74, 6) is 5.65. The minimum absolute atomic E-state index is 0.213. The van der Waals surface area contributed by atoms with E-state index in [-0.39, 0.29) is 12.3 Å². The summed E-state index contributed by atoms with van der Waals surface area (Å²) in [5.41, 5.74) is 4.01. The number of amides is 1. The van der Waals surface area contributed by atoms with Gasteiger partial charge in [0.25, 0.3) is 0 Å². The van der Waals surface area contributed by atoms with Crippen LogP contribution in [-0.2, 0) is 11.2 Å². The van der Waals surface area contributed by atoms with E-state index < -0.39 is 0 Å². The number of benzene rings is 1. The molecule has 1 amide bonds. The molecule has 0 saturated heterocycles. The summed E-state index contributed by atoms with van der Waals surface area (Å²) in [7, 11) is 0. The minimum Gasteiger partial charge on any atom is -0.508 e. The van der Waals surface area contributed by atoms with Gasteiger partial charge >= 0.3 is 0 Å². The fraction of sp³-hybridized carbons (Fsp3) is 0.500. The Balaban J connectivity index is 2.17. The van der Waals surface area contributed by atoms with E-state index in [0.29, 0.717) is 11.7 Å². The van der Waals surface area contributed by atoms with Gasteiger partial charge in [-0.25, -0.2) is 5.84 Å². The maximum atomic E-state index is 11.3. The van der Waals surface area contributed by atoms with Gasteiger partial charge in [-0.05, 0) is 36.0 Å². The highest BCUT2D eigenvalue weighted by molar-refractivity contribution is 5.78. The van der Waals surface area contributed by atoms with Gasteiger partial charge in [-0.2, -0.15) is 0 Å². The van der Waals surface area contributed by atoms with Crippen LogP contribution in [0.1, 0.15) is 49.1 Å². The first-order valence-electron chi connectivity index (χ1n) is 6.52. The van der Waals surface area contributed by atoms with Gasteiger partial charge in [0.05, 0.1) is 6.42 Å². The Hall–Kier alpha value is -1.55. The van der Waals surface area contributed by atoms with Gasteiger partial charge < -0.3 is 5.11 Å². The summed E-state index contributed by atoms with van der Waals surface area (Å²) in [6.45, 7) is 0. The number of carbonyl (C=O) groups excluding carboxylic acids is 1. The minimum atomic E-state index is -0.213. The van der Waals surface area contributed by atoms with Crippen LogP contribution in [0.2, 0.25) is 0 Å². The molecule has 1 aromatic carbocycles. The van der Waals surface area contributed by atoms with Crippen LogP contribution >= 0.6 is 0 Å². The van der Waals surface area contributed by atoms with Crippen LogP contribution < -0.4 is 11.3 Å². The standard InChI is InChI=1S/C14H20N2O2/c15-16-14(18)9-10-6-7-13(17)12(8-10)11-4-2-1-3-5-11/h6-8,11,17H,1-5,9,15H2,(H,16,18). The average molecular weight is 248 g/mol. The molecular weight excluding hydrogens is 228 g/mol. The molecule has 4 nitrogen and oxygen atoms in total. The summed E-state index contributed by atoms with van der Waals surface area (Å²) in [5, 5.41) is 9.95. The summed E-state index contributed by atoms with van der Waals surface area (Å²) in [4.78, 5) is 11.3. The topological polar surface area (TPSA) is 75.3 Å². The van der Waals surface area contributed by atoms with Crippen LogP contribution in [0.4, 0.5) is 0 Å². The molecule has 1 aliphatic carbocycles. The lowest BCUT2D eigenvalue weighted by molar-refractivity contribution is -0.120. The van der Waals surface area contributed by atoms with Crippen LogP contribution in [0.5, 0.6) is 5.75 Å². The molecule has 0 aromatic heterocycles. The zero-order valence-corrected chi connectivity index (χ0v) is 10.5. The molecule has 0 spiro atoms. The van der Waals surface area contributed by atoms with E-state index in [1.807, 2.05) is 6.07 Å². The van der Waals surface area contributed by atoms with Gasteiger partial charge in [-0.1, -0.05) is 31.4 Å². The number of nitrogens with two attached hydrogens (primary N) is 1. The highest BCUT2D eigenvalue weighted by atomic mass is 16.3. The SMILES string of the molecule is NNC(=O)Cc1ccc(O)c(C2CCCCC2)c1. The smallest absolute Gasteiger partial charge is 0.238 e.